The van der Waals surface area contributed by atoms with Gasteiger partial charge >= 0.3 is 0 Å². The zero-order valence-electron chi connectivity index (χ0n) is 9.57. The highest BCUT2D eigenvalue weighted by Gasteiger charge is 2.18. The molecule has 0 aromatic heterocycles. The van der Waals surface area contributed by atoms with Crippen molar-refractivity contribution >= 4 is 10.0 Å². The number of benzene rings is 1. The number of aliphatic hydroxyl groups is 2. The molecule has 0 saturated carbocycles. The van der Waals surface area contributed by atoms with Crippen molar-refractivity contribution in [2.24, 2.45) is 0 Å². The minimum absolute atomic E-state index is 0.133. The molecule has 1 aromatic carbocycles. The lowest BCUT2D eigenvalue weighted by Gasteiger charge is -2.18. The van der Waals surface area contributed by atoms with Crippen molar-refractivity contribution < 1.29 is 18.6 Å². The number of hydrogen-bond acceptors (Lipinski definition) is 4. The quantitative estimate of drug-likeness (QED) is 0.672. The van der Waals surface area contributed by atoms with Crippen LogP contribution in [-0.4, -0.2) is 37.5 Å². The van der Waals surface area contributed by atoms with Crippen LogP contribution < -0.4 is 4.72 Å². The van der Waals surface area contributed by atoms with E-state index < -0.39 is 22.2 Å². The minimum atomic E-state index is -3.38. The molecule has 0 aliphatic carbocycles. The molecule has 1 rings (SSSR count). The number of hydrogen-bond donors (Lipinski definition) is 3. The van der Waals surface area contributed by atoms with E-state index in [0.717, 1.165) is 6.26 Å². The molecule has 0 saturated heterocycles. The maximum atomic E-state index is 11.0. The average molecular weight is 259 g/mol. The van der Waals surface area contributed by atoms with E-state index in [2.05, 4.69) is 4.72 Å². The molecule has 5 nitrogen and oxygen atoms in total. The summed E-state index contributed by atoms with van der Waals surface area (Å²) in [7, 11) is -3.38. The van der Waals surface area contributed by atoms with Crippen LogP contribution in [-0.2, 0) is 10.0 Å². The monoisotopic (exact) mass is 259 g/mol. The molecule has 3 N–H and O–H groups in total. The Morgan fingerprint density at radius 1 is 1.29 bits per heavy atom. The van der Waals surface area contributed by atoms with Gasteiger partial charge < -0.3 is 10.2 Å². The molecule has 0 heterocycles. The van der Waals surface area contributed by atoms with E-state index in [4.69, 9.17) is 5.11 Å². The molecule has 0 fully saturated rings. The highest BCUT2D eigenvalue weighted by atomic mass is 32.2. The van der Waals surface area contributed by atoms with Crippen LogP contribution >= 0.6 is 0 Å². The summed E-state index contributed by atoms with van der Waals surface area (Å²) in [5.41, 5.74) is 0.696. The maximum absolute atomic E-state index is 11.0. The molecule has 0 aliphatic rings. The zero-order chi connectivity index (χ0) is 12.9. The Bertz CT molecular complexity index is 432. The Morgan fingerprint density at radius 2 is 1.88 bits per heavy atom. The Hall–Kier alpha value is -0.950. The van der Waals surface area contributed by atoms with E-state index >= 15 is 0 Å². The first-order valence-electron chi connectivity index (χ1n) is 5.23. The van der Waals surface area contributed by atoms with Gasteiger partial charge in [-0.2, -0.15) is 0 Å². The third-order valence-electron chi connectivity index (χ3n) is 2.29. The fourth-order valence-corrected chi connectivity index (χ4v) is 2.32. The van der Waals surface area contributed by atoms with Gasteiger partial charge in [-0.05, 0) is 12.0 Å². The van der Waals surface area contributed by atoms with Gasteiger partial charge in [0.25, 0.3) is 0 Å². The molecule has 6 heteroatoms. The van der Waals surface area contributed by atoms with Crippen LogP contribution in [0.15, 0.2) is 30.3 Å². The van der Waals surface area contributed by atoms with Crippen LogP contribution in [0.25, 0.3) is 0 Å². The summed E-state index contributed by atoms with van der Waals surface area (Å²) in [5, 5.41) is 18.9. The van der Waals surface area contributed by atoms with Crippen molar-refractivity contribution in [3.8, 4) is 0 Å². The molecular weight excluding hydrogens is 242 g/mol. The van der Waals surface area contributed by atoms with Crippen molar-refractivity contribution in [1.29, 1.82) is 0 Å². The number of nitrogens with one attached hydrogen (secondary N) is 1. The first-order chi connectivity index (χ1) is 7.92. The SMILES string of the molecule is CS(=O)(=O)N[C@@H](CO)C[C@H](O)c1ccccc1. The van der Waals surface area contributed by atoms with Crippen molar-refractivity contribution in [1.82, 2.24) is 4.72 Å². The van der Waals surface area contributed by atoms with Gasteiger partial charge in [-0.1, -0.05) is 30.3 Å². The third kappa shape index (κ3) is 5.27. The van der Waals surface area contributed by atoms with Crippen LogP contribution in [0, 0.1) is 0 Å². The standard InChI is InChI=1S/C11H17NO4S/c1-17(15,16)12-10(8-13)7-11(14)9-5-3-2-4-6-9/h2-6,10-14H,7-8H2,1H3/t10-,11+/m1/s1. The van der Waals surface area contributed by atoms with Gasteiger partial charge in [0.15, 0.2) is 0 Å². The molecule has 0 radical (unpaired) electrons. The highest BCUT2D eigenvalue weighted by Crippen LogP contribution is 2.17. The predicted octanol–water partition coefficient (Wildman–Crippen LogP) is 0.0202. The van der Waals surface area contributed by atoms with E-state index in [9.17, 15) is 13.5 Å². The van der Waals surface area contributed by atoms with Crippen molar-refractivity contribution in [3.63, 3.8) is 0 Å². The molecule has 0 aliphatic heterocycles. The summed E-state index contributed by atoms with van der Waals surface area (Å²) in [5.74, 6) is 0. The van der Waals surface area contributed by atoms with E-state index in [1.165, 1.54) is 0 Å². The second-order valence-corrected chi connectivity index (χ2v) is 5.71. The lowest BCUT2D eigenvalue weighted by atomic mass is 10.0. The van der Waals surface area contributed by atoms with E-state index in [-0.39, 0.29) is 13.0 Å². The van der Waals surface area contributed by atoms with Crippen molar-refractivity contribution in [2.75, 3.05) is 12.9 Å². The maximum Gasteiger partial charge on any atom is 0.209 e. The summed E-state index contributed by atoms with van der Waals surface area (Å²) >= 11 is 0. The van der Waals surface area contributed by atoms with Crippen LogP contribution in [0.1, 0.15) is 18.1 Å². The lowest BCUT2D eigenvalue weighted by molar-refractivity contribution is 0.136. The third-order valence-corrected chi connectivity index (χ3v) is 3.05. The summed E-state index contributed by atoms with van der Waals surface area (Å²) in [4.78, 5) is 0. The molecule has 17 heavy (non-hydrogen) atoms. The second-order valence-electron chi connectivity index (χ2n) is 3.93. The van der Waals surface area contributed by atoms with Gasteiger partial charge in [0.2, 0.25) is 10.0 Å². The van der Waals surface area contributed by atoms with Gasteiger partial charge in [-0.3, -0.25) is 0 Å². The Labute approximate surface area is 101 Å². The van der Waals surface area contributed by atoms with Crippen LogP contribution in [0.3, 0.4) is 0 Å². The summed E-state index contributed by atoms with van der Waals surface area (Å²) in [6, 6.07) is 8.22. The van der Waals surface area contributed by atoms with Gasteiger partial charge in [-0.25, -0.2) is 13.1 Å². The fraction of sp³-hybridized carbons (Fsp3) is 0.455. The Kier molecular flexibility index (Phi) is 5.07. The molecule has 0 amide bonds. The topological polar surface area (TPSA) is 86.6 Å². The number of aliphatic hydroxyl groups excluding tert-OH is 2. The van der Waals surface area contributed by atoms with Crippen LogP contribution in [0.4, 0.5) is 0 Å². The first kappa shape index (κ1) is 14.1. The molecule has 0 spiro atoms. The molecule has 96 valence electrons. The van der Waals surface area contributed by atoms with Gasteiger partial charge in [0.05, 0.1) is 19.0 Å². The van der Waals surface area contributed by atoms with Crippen LogP contribution in [0.2, 0.25) is 0 Å². The molecule has 0 unspecified atom stereocenters. The number of rotatable bonds is 6. The zero-order valence-corrected chi connectivity index (χ0v) is 10.4. The highest BCUT2D eigenvalue weighted by molar-refractivity contribution is 7.88. The lowest BCUT2D eigenvalue weighted by Crippen LogP contribution is -2.37. The van der Waals surface area contributed by atoms with E-state index in [1.807, 2.05) is 6.07 Å². The Morgan fingerprint density at radius 3 is 2.35 bits per heavy atom. The first-order valence-corrected chi connectivity index (χ1v) is 7.12. The largest absolute Gasteiger partial charge is 0.395 e. The van der Waals surface area contributed by atoms with Crippen molar-refractivity contribution in [3.05, 3.63) is 35.9 Å². The summed E-state index contributed by atoms with van der Waals surface area (Å²) in [6.07, 6.45) is 0.348. The minimum Gasteiger partial charge on any atom is -0.395 e. The summed E-state index contributed by atoms with van der Waals surface area (Å²) in [6.45, 7) is -0.350. The summed E-state index contributed by atoms with van der Waals surface area (Å²) < 4.78 is 24.3. The number of sulfonamides is 1. The molecule has 2 atom stereocenters. The van der Waals surface area contributed by atoms with Gasteiger partial charge in [0, 0.05) is 6.04 Å². The average Bonchev–Trinajstić information content (AvgIpc) is 2.27. The second kappa shape index (κ2) is 6.11. The smallest absolute Gasteiger partial charge is 0.209 e. The molecule has 0 bridgehead atoms. The van der Waals surface area contributed by atoms with Gasteiger partial charge in [-0.15, -0.1) is 0 Å². The Balaban J connectivity index is 2.63. The molecular formula is C11H17NO4S. The predicted molar refractivity (Wildman–Crippen MR) is 64.9 cm³/mol. The van der Waals surface area contributed by atoms with Crippen molar-refractivity contribution in [2.45, 2.75) is 18.6 Å². The normalized spacial score (nSPS) is 15.5. The van der Waals surface area contributed by atoms with E-state index in [0.29, 0.717) is 5.56 Å². The molecule has 1 aromatic rings. The van der Waals surface area contributed by atoms with E-state index in [1.54, 1.807) is 24.3 Å². The fourth-order valence-electron chi connectivity index (χ4n) is 1.54. The van der Waals surface area contributed by atoms with Gasteiger partial charge in [0.1, 0.15) is 0 Å². The van der Waals surface area contributed by atoms with Crippen LogP contribution in [0.5, 0.6) is 0 Å².